The highest BCUT2D eigenvalue weighted by atomic mass is 19.1. The number of ether oxygens (including phenoxy) is 3. The van der Waals surface area contributed by atoms with E-state index in [4.69, 9.17) is 19.9 Å². The van der Waals surface area contributed by atoms with Gasteiger partial charge in [-0.2, -0.15) is 9.37 Å². The maximum atomic E-state index is 16.1. The fourth-order valence-electron chi connectivity index (χ4n) is 4.59. The van der Waals surface area contributed by atoms with Crippen LogP contribution in [0, 0.1) is 6.08 Å². The maximum absolute atomic E-state index is 16.1. The molecule has 5 atom stereocenters. The van der Waals surface area contributed by atoms with Crippen molar-refractivity contribution in [2.24, 2.45) is 0 Å². The Balaban J connectivity index is 1.28. The average molecular weight is 465 g/mol. The van der Waals surface area contributed by atoms with Crippen molar-refractivity contribution < 1.29 is 23.0 Å². The van der Waals surface area contributed by atoms with E-state index in [1.807, 2.05) is 60.7 Å². The number of imidazole rings is 1. The fraction of sp³-hybridized carbons (Fsp3) is 0.292. The molecule has 2 aliphatic rings. The van der Waals surface area contributed by atoms with Crippen molar-refractivity contribution in [3.8, 4) is 0 Å². The van der Waals surface area contributed by atoms with Crippen LogP contribution < -0.4 is 5.73 Å². The summed E-state index contributed by atoms with van der Waals surface area (Å²) in [5.41, 5.74) is 6.65. The minimum Gasteiger partial charge on any atom is -0.380 e. The van der Waals surface area contributed by atoms with Gasteiger partial charge in [-0.15, -0.1) is 5.10 Å². The van der Waals surface area contributed by atoms with Crippen LogP contribution >= 0.6 is 0 Å². The number of hydrogen-bond acceptors (Lipinski definition) is 7. The molecule has 8 nitrogen and oxygen atoms in total. The molecular formula is C24H21F2N5O3. The second-order valence-corrected chi connectivity index (χ2v) is 8.41. The third-order valence-electron chi connectivity index (χ3n) is 6.33. The molecule has 174 valence electrons. The van der Waals surface area contributed by atoms with Gasteiger partial charge in [-0.1, -0.05) is 60.7 Å². The van der Waals surface area contributed by atoms with Crippen LogP contribution in [0.5, 0.6) is 0 Å². The van der Waals surface area contributed by atoms with Gasteiger partial charge in [-0.3, -0.25) is 0 Å². The summed E-state index contributed by atoms with van der Waals surface area (Å²) in [5.74, 6) is -0.142. The van der Waals surface area contributed by atoms with Crippen LogP contribution in [0.1, 0.15) is 22.9 Å². The topological polar surface area (TPSA) is 96.8 Å². The molecule has 1 aliphatic heterocycles. The Labute approximate surface area is 193 Å². The van der Waals surface area contributed by atoms with Gasteiger partial charge in [0.2, 0.25) is 0 Å². The monoisotopic (exact) mass is 465 g/mol. The quantitative estimate of drug-likeness (QED) is 0.448. The van der Waals surface area contributed by atoms with Gasteiger partial charge < -0.3 is 19.9 Å². The molecule has 0 bridgehead atoms. The summed E-state index contributed by atoms with van der Waals surface area (Å²) < 4.78 is 49.3. The highest BCUT2D eigenvalue weighted by Gasteiger charge is 2.80. The Kier molecular flexibility index (Phi) is 5.01. The normalized spacial score (nSPS) is 27.7. The third kappa shape index (κ3) is 3.33. The van der Waals surface area contributed by atoms with Crippen LogP contribution in [0.2, 0.25) is 0 Å². The Bertz CT molecular complexity index is 1320. The highest BCUT2D eigenvalue weighted by Crippen LogP contribution is 2.60. The fourth-order valence-corrected chi connectivity index (χ4v) is 4.59. The van der Waals surface area contributed by atoms with Gasteiger partial charge in [0.25, 0.3) is 0 Å². The van der Waals surface area contributed by atoms with E-state index in [1.165, 1.54) is 6.20 Å². The number of rotatable bonds is 7. The second kappa shape index (κ2) is 8.08. The first-order valence-electron chi connectivity index (χ1n) is 10.9. The Morgan fingerprint density at radius 3 is 2.41 bits per heavy atom. The zero-order chi connectivity index (χ0) is 23.3. The predicted octanol–water partition coefficient (Wildman–Crippen LogP) is 3.18. The third-order valence-corrected chi connectivity index (χ3v) is 6.33. The number of anilines is 1. The smallest absolute Gasteiger partial charge is 0.328 e. The summed E-state index contributed by atoms with van der Waals surface area (Å²) in [6, 6.07) is 19.1. The Morgan fingerprint density at radius 2 is 1.71 bits per heavy atom. The van der Waals surface area contributed by atoms with Crippen LogP contribution in [0.3, 0.4) is 0 Å². The zero-order valence-electron chi connectivity index (χ0n) is 17.9. The van der Waals surface area contributed by atoms with Gasteiger partial charge in [0.15, 0.2) is 23.2 Å². The molecule has 1 unspecified atom stereocenters. The second-order valence-electron chi connectivity index (χ2n) is 8.41. The summed E-state index contributed by atoms with van der Waals surface area (Å²) in [5, 5.41) is 3.70. The van der Waals surface area contributed by atoms with Gasteiger partial charge >= 0.3 is 6.08 Å². The lowest BCUT2D eigenvalue weighted by Crippen LogP contribution is -2.35. The summed E-state index contributed by atoms with van der Waals surface area (Å²) >= 11 is 0. The average Bonchev–Trinajstić information content (AvgIpc) is 3.08. The summed E-state index contributed by atoms with van der Waals surface area (Å²) in [7, 11) is 0. The van der Waals surface area contributed by atoms with Gasteiger partial charge in [-0.25, -0.2) is 13.9 Å². The van der Waals surface area contributed by atoms with E-state index in [0.29, 0.717) is 6.61 Å². The lowest BCUT2D eigenvalue weighted by molar-refractivity contribution is -0.0910. The number of nitrogen functional groups attached to an aromatic ring is 1. The molecule has 0 radical (unpaired) electrons. The first kappa shape index (κ1) is 21.1. The molecule has 2 aromatic heterocycles. The van der Waals surface area contributed by atoms with E-state index >= 15 is 4.39 Å². The van der Waals surface area contributed by atoms with Gasteiger partial charge in [0.05, 0.1) is 25.1 Å². The molecule has 0 amide bonds. The molecule has 3 heterocycles. The van der Waals surface area contributed by atoms with Crippen LogP contribution in [-0.4, -0.2) is 43.6 Å². The van der Waals surface area contributed by atoms with E-state index < -0.39 is 36.2 Å². The molecule has 34 heavy (non-hydrogen) atoms. The lowest BCUT2D eigenvalue weighted by atomic mass is 10.1. The van der Waals surface area contributed by atoms with Crippen LogP contribution in [-0.2, 0) is 27.4 Å². The summed E-state index contributed by atoms with van der Waals surface area (Å²) in [4.78, 5) is 7.58. The number of aromatic nitrogens is 4. The summed E-state index contributed by atoms with van der Waals surface area (Å²) in [6.45, 7) is 0.486. The van der Waals surface area contributed by atoms with Gasteiger partial charge in [0, 0.05) is 0 Å². The molecule has 2 N–H and O–H groups in total. The van der Waals surface area contributed by atoms with Crippen molar-refractivity contribution in [1.82, 2.24) is 19.6 Å². The minimum absolute atomic E-state index is 0.129. The van der Waals surface area contributed by atoms with E-state index in [2.05, 4.69) is 15.1 Å². The van der Waals surface area contributed by atoms with Gasteiger partial charge in [-0.05, 0) is 11.1 Å². The van der Waals surface area contributed by atoms with Crippen LogP contribution in [0.4, 0.5) is 14.6 Å². The number of fused-ring (bicyclic) bond motifs is 2. The molecule has 2 aromatic carbocycles. The molecule has 4 aromatic rings. The summed E-state index contributed by atoms with van der Waals surface area (Å²) in [6.07, 6.45) is -3.61. The van der Waals surface area contributed by atoms with Crippen molar-refractivity contribution in [3.63, 3.8) is 0 Å². The standard InChI is InChI=1S/C24H21F2N5O3/c25-18-17(16-11-28-22-21(27)29-23(26)30-31(16)22)34-20-19(32-12-14-7-3-1-4-8-14)24(18,20)33-13-15-9-5-2-6-10-15/h1-11,17-20H,12-13H2,(H2,27,29,30)/t17-,18-,19?,20+,24-/m0/s1. The number of benzene rings is 2. The molecule has 6 rings (SSSR count). The van der Waals surface area contributed by atoms with Crippen molar-refractivity contribution in [1.29, 1.82) is 0 Å². The number of alkyl halides is 1. The molecule has 1 aliphatic carbocycles. The lowest BCUT2D eigenvalue weighted by Gasteiger charge is -2.23. The number of nitrogens with zero attached hydrogens (tertiary/aromatic N) is 4. The molecule has 10 heteroatoms. The minimum atomic E-state index is -1.61. The first-order chi connectivity index (χ1) is 16.6. The number of halogens is 2. The Hall–Kier alpha value is -3.47. The Morgan fingerprint density at radius 1 is 1.03 bits per heavy atom. The van der Waals surface area contributed by atoms with E-state index in [0.717, 1.165) is 15.6 Å². The van der Waals surface area contributed by atoms with Crippen LogP contribution in [0.25, 0.3) is 5.65 Å². The highest BCUT2D eigenvalue weighted by molar-refractivity contribution is 5.59. The van der Waals surface area contributed by atoms with E-state index in [1.54, 1.807) is 0 Å². The molecule has 1 saturated heterocycles. The van der Waals surface area contributed by atoms with Crippen LogP contribution in [0.15, 0.2) is 66.9 Å². The predicted molar refractivity (Wildman–Crippen MR) is 117 cm³/mol. The SMILES string of the molecule is Nc1nc(F)nn2c([C@@H]3O[C@@H]4C(OCc5ccccc5)[C@@]4(OCc4ccccc4)[C@H]3F)cnc12. The van der Waals surface area contributed by atoms with E-state index in [9.17, 15) is 4.39 Å². The molecule has 1 saturated carbocycles. The number of nitrogens with two attached hydrogens (primary N) is 1. The molecule has 2 fully saturated rings. The molecular weight excluding hydrogens is 444 g/mol. The maximum Gasteiger partial charge on any atom is 0.328 e. The van der Waals surface area contributed by atoms with E-state index in [-0.39, 0.29) is 23.8 Å². The van der Waals surface area contributed by atoms with Crippen molar-refractivity contribution in [3.05, 3.63) is 89.8 Å². The van der Waals surface area contributed by atoms with Gasteiger partial charge in [0.1, 0.15) is 18.3 Å². The van der Waals surface area contributed by atoms with Crippen molar-refractivity contribution >= 4 is 11.5 Å². The first-order valence-corrected chi connectivity index (χ1v) is 10.9. The zero-order valence-corrected chi connectivity index (χ0v) is 17.9. The molecule has 0 spiro atoms. The van der Waals surface area contributed by atoms with Crippen molar-refractivity contribution in [2.75, 3.05) is 5.73 Å². The van der Waals surface area contributed by atoms with Crippen molar-refractivity contribution in [2.45, 2.75) is 43.3 Å². The number of hydrogen-bond donors (Lipinski definition) is 1. The largest absolute Gasteiger partial charge is 0.380 e.